The first kappa shape index (κ1) is 20.0. The van der Waals surface area contributed by atoms with Crippen molar-refractivity contribution in [2.24, 2.45) is 0 Å². The Balaban J connectivity index is 1.49. The van der Waals surface area contributed by atoms with Crippen LogP contribution < -0.4 is 5.32 Å². The van der Waals surface area contributed by atoms with Gasteiger partial charge >= 0.3 is 5.97 Å². The van der Waals surface area contributed by atoms with Crippen LogP contribution in [0.1, 0.15) is 51.0 Å². The lowest BCUT2D eigenvalue weighted by molar-refractivity contribution is -0.156. The summed E-state index contributed by atoms with van der Waals surface area (Å²) in [5.74, 6) is -0.393. The van der Waals surface area contributed by atoms with Gasteiger partial charge in [0.15, 0.2) is 12.6 Å². The van der Waals surface area contributed by atoms with Gasteiger partial charge in [-0.05, 0) is 31.9 Å². The van der Waals surface area contributed by atoms with Crippen LogP contribution in [-0.2, 0) is 20.9 Å². The van der Waals surface area contributed by atoms with Crippen molar-refractivity contribution in [3.8, 4) is 11.4 Å². The number of carbonyl (C=O) groups excluding carboxylic acids is 2. The van der Waals surface area contributed by atoms with Gasteiger partial charge in [0.2, 0.25) is 5.82 Å². The minimum atomic E-state index is -0.851. The van der Waals surface area contributed by atoms with Gasteiger partial charge in [-0.2, -0.15) is 4.80 Å². The molecule has 1 heterocycles. The lowest BCUT2D eigenvalue weighted by atomic mass is 10.1. The maximum Gasteiger partial charge on any atom is 0.330 e. The monoisotopic (exact) mass is 385 g/mol. The van der Waals surface area contributed by atoms with Crippen LogP contribution in [0, 0.1) is 6.92 Å². The van der Waals surface area contributed by atoms with E-state index in [-0.39, 0.29) is 18.5 Å². The first-order valence-electron chi connectivity index (χ1n) is 9.86. The Morgan fingerprint density at radius 2 is 1.86 bits per heavy atom. The number of aromatic nitrogens is 4. The van der Waals surface area contributed by atoms with E-state index < -0.39 is 12.1 Å². The number of ether oxygens (including phenoxy) is 1. The summed E-state index contributed by atoms with van der Waals surface area (Å²) in [5, 5.41) is 15.0. The zero-order chi connectivity index (χ0) is 19.9. The van der Waals surface area contributed by atoms with Crippen LogP contribution >= 0.6 is 0 Å². The third-order valence-electron chi connectivity index (χ3n) is 4.91. The second-order valence-electron chi connectivity index (χ2n) is 7.34. The molecule has 1 aromatic carbocycles. The van der Waals surface area contributed by atoms with Gasteiger partial charge in [0.1, 0.15) is 0 Å². The zero-order valence-electron chi connectivity index (χ0n) is 16.4. The Morgan fingerprint density at radius 3 is 2.54 bits per heavy atom. The van der Waals surface area contributed by atoms with Crippen molar-refractivity contribution < 1.29 is 14.3 Å². The molecule has 0 unspecified atom stereocenters. The third-order valence-corrected chi connectivity index (χ3v) is 4.91. The summed E-state index contributed by atoms with van der Waals surface area (Å²) in [6, 6.07) is 7.88. The molecule has 1 aromatic heterocycles. The second-order valence-corrected chi connectivity index (χ2v) is 7.34. The molecule has 1 saturated carbocycles. The van der Waals surface area contributed by atoms with Crippen LogP contribution in [0.2, 0.25) is 0 Å². The molecule has 0 radical (unpaired) electrons. The van der Waals surface area contributed by atoms with E-state index in [4.69, 9.17) is 4.74 Å². The summed E-state index contributed by atoms with van der Waals surface area (Å²) in [7, 11) is 0. The molecule has 0 aliphatic heterocycles. The lowest BCUT2D eigenvalue weighted by Gasteiger charge is -2.19. The fourth-order valence-corrected chi connectivity index (χ4v) is 3.27. The molecule has 8 nitrogen and oxygen atoms in total. The van der Waals surface area contributed by atoms with Crippen LogP contribution in [0.3, 0.4) is 0 Å². The summed E-state index contributed by atoms with van der Waals surface area (Å²) >= 11 is 0. The summed E-state index contributed by atoms with van der Waals surface area (Å²) in [6.45, 7) is 3.38. The van der Waals surface area contributed by atoms with Gasteiger partial charge in [-0.15, -0.1) is 10.2 Å². The first-order chi connectivity index (χ1) is 13.5. The average Bonchev–Trinajstić information content (AvgIpc) is 2.97. The molecule has 0 saturated heterocycles. The molecule has 3 rings (SSSR count). The van der Waals surface area contributed by atoms with Crippen molar-refractivity contribution in [3.05, 3.63) is 29.8 Å². The van der Waals surface area contributed by atoms with Crippen molar-refractivity contribution >= 4 is 11.9 Å². The minimum absolute atomic E-state index is 0.171. The van der Waals surface area contributed by atoms with Gasteiger partial charge in [0, 0.05) is 11.6 Å². The van der Waals surface area contributed by atoms with Crippen molar-refractivity contribution in [1.82, 2.24) is 25.5 Å². The Bertz CT molecular complexity index is 794. The van der Waals surface area contributed by atoms with E-state index in [0.29, 0.717) is 5.82 Å². The van der Waals surface area contributed by atoms with Crippen LogP contribution in [0.15, 0.2) is 24.3 Å². The first-order valence-corrected chi connectivity index (χ1v) is 9.86. The normalized spacial score (nSPS) is 16.2. The smallest absolute Gasteiger partial charge is 0.330 e. The molecular formula is C20H27N5O3. The molecule has 1 atom stereocenters. The summed E-state index contributed by atoms with van der Waals surface area (Å²) in [6.07, 6.45) is 5.80. The predicted octanol–water partition coefficient (Wildman–Crippen LogP) is 2.42. The second kappa shape index (κ2) is 9.43. The molecule has 1 aliphatic carbocycles. The highest BCUT2D eigenvalue weighted by molar-refractivity contribution is 5.83. The van der Waals surface area contributed by atoms with Crippen LogP contribution in [0.5, 0.6) is 0 Å². The highest BCUT2D eigenvalue weighted by Crippen LogP contribution is 2.17. The molecular weight excluding hydrogens is 358 g/mol. The average molecular weight is 385 g/mol. The zero-order valence-corrected chi connectivity index (χ0v) is 16.4. The SMILES string of the molecule is Cc1ccc(-c2nnn(CC(=O)O[C@@H](C)C(=O)NC3CCCCCC3)n2)cc1. The number of benzene rings is 1. The fraction of sp³-hybridized carbons (Fsp3) is 0.550. The van der Waals surface area contributed by atoms with Crippen molar-refractivity contribution in [2.75, 3.05) is 0 Å². The van der Waals surface area contributed by atoms with E-state index in [2.05, 4.69) is 20.7 Å². The van der Waals surface area contributed by atoms with Crippen LogP contribution in [0.25, 0.3) is 11.4 Å². The molecule has 150 valence electrons. The molecule has 8 heteroatoms. The number of nitrogens with zero attached hydrogens (tertiary/aromatic N) is 4. The van der Waals surface area contributed by atoms with E-state index in [1.165, 1.54) is 17.6 Å². The van der Waals surface area contributed by atoms with Gasteiger partial charge in [0.05, 0.1) is 0 Å². The number of nitrogens with one attached hydrogen (secondary N) is 1. The largest absolute Gasteiger partial charge is 0.451 e. The van der Waals surface area contributed by atoms with Gasteiger partial charge in [-0.1, -0.05) is 55.5 Å². The minimum Gasteiger partial charge on any atom is -0.451 e. The van der Waals surface area contributed by atoms with E-state index >= 15 is 0 Å². The number of esters is 1. The number of aryl methyl sites for hydroxylation is 1. The third kappa shape index (κ3) is 5.61. The Kier molecular flexibility index (Phi) is 6.73. The van der Waals surface area contributed by atoms with Crippen molar-refractivity contribution in [2.45, 2.75) is 71.1 Å². The lowest BCUT2D eigenvalue weighted by Crippen LogP contribution is -2.42. The summed E-state index contributed by atoms with van der Waals surface area (Å²) < 4.78 is 5.24. The Morgan fingerprint density at radius 1 is 1.18 bits per heavy atom. The standard InChI is InChI=1S/C20H27N5O3/c1-14-9-11-16(12-10-14)19-22-24-25(23-19)13-18(26)28-15(2)20(27)21-17-7-5-3-4-6-8-17/h9-12,15,17H,3-8,13H2,1-2H3,(H,21,27)/t15-/m0/s1. The van der Waals surface area contributed by atoms with Gasteiger partial charge < -0.3 is 10.1 Å². The maximum absolute atomic E-state index is 12.3. The summed E-state index contributed by atoms with van der Waals surface area (Å²) in [5.41, 5.74) is 1.96. The van der Waals surface area contributed by atoms with E-state index in [1.54, 1.807) is 6.92 Å². The molecule has 1 fully saturated rings. The molecule has 1 amide bonds. The molecule has 0 spiro atoms. The molecule has 1 N–H and O–H groups in total. The van der Waals surface area contributed by atoms with Gasteiger partial charge in [0.25, 0.3) is 5.91 Å². The Hall–Kier alpha value is -2.77. The number of tetrazole rings is 1. The quantitative estimate of drug-likeness (QED) is 0.606. The van der Waals surface area contributed by atoms with Crippen LogP contribution in [0.4, 0.5) is 0 Å². The van der Waals surface area contributed by atoms with E-state index in [0.717, 1.165) is 36.8 Å². The van der Waals surface area contributed by atoms with Crippen LogP contribution in [-0.4, -0.2) is 44.2 Å². The predicted molar refractivity (Wildman–Crippen MR) is 103 cm³/mol. The maximum atomic E-state index is 12.3. The number of rotatable bonds is 6. The van der Waals surface area contributed by atoms with Gasteiger partial charge in [-0.25, -0.2) is 4.79 Å². The number of carbonyl (C=O) groups is 2. The number of hydrogen-bond acceptors (Lipinski definition) is 6. The number of hydrogen-bond donors (Lipinski definition) is 1. The topological polar surface area (TPSA) is 99.0 Å². The molecule has 1 aliphatic rings. The van der Waals surface area contributed by atoms with Gasteiger partial charge in [-0.3, -0.25) is 4.79 Å². The highest BCUT2D eigenvalue weighted by Gasteiger charge is 2.22. The molecule has 2 aromatic rings. The van der Waals surface area contributed by atoms with E-state index in [9.17, 15) is 9.59 Å². The Labute approximate surface area is 164 Å². The number of amides is 1. The summed E-state index contributed by atoms with van der Waals surface area (Å²) in [4.78, 5) is 25.6. The molecule has 28 heavy (non-hydrogen) atoms. The fourth-order valence-electron chi connectivity index (χ4n) is 3.27. The molecule has 0 bridgehead atoms. The van der Waals surface area contributed by atoms with E-state index in [1.807, 2.05) is 31.2 Å². The van der Waals surface area contributed by atoms with Crippen molar-refractivity contribution in [3.63, 3.8) is 0 Å². The highest BCUT2D eigenvalue weighted by atomic mass is 16.5. The van der Waals surface area contributed by atoms with Crippen molar-refractivity contribution in [1.29, 1.82) is 0 Å².